The number of hydrogen-bond donors (Lipinski definition) is 1. The highest BCUT2D eigenvalue weighted by molar-refractivity contribution is 5.87. The second kappa shape index (κ2) is 3.77. The molecule has 0 amide bonds. The lowest BCUT2D eigenvalue weighted by Gasteiger charge is -2.24. The van der Waals surface area contributed by atoms with Gasteiger partial charge in [-0.2, -0.15) is 0 Å². The van der Waals surface area contributed by atoms with Crippen molar-refractivity contribution in [1.82, 2.24) is 0 Å². The van der Waals surface area contributed by atoms with Crippen LogP contribution >= 0.6 is 0 Å². The van der Waals surface area contributed by atoms with E-state index in [0.717, 1.165) is 24.0 Å². The molecule has 0 saturated carbocycles. The fraction of sp³-hybridized carbons (Fsp3) is 0.545. The zero-order valence-corrected chi connectivity index (χ0v) is 8.26. The molecule has 1 aliphatic rings. The Kier molecular flexibility index (Phi) is 2.91. The molecule has 1 N–H and O–H groups in total. The van der Waals surface area contributed by atoms with Gasteiger partial charge >= 0.3 is 5.97 Å². The molecule has 2 nitrogen and oxygen atoms in total. The van der Waals surface area contributed by atoms with Gasteiger partial charge in [0.2, 0.25) is 0 Å². The lowest BCUT2D eigenvalue weighted by molar-refractivity contribution is -0.133. The highest BCUT2D eigenvalue weighted by Gasteiger charge is 2.23. The average molecular weight is 180 g/mol. The van der Waals surface area contributed by atoms with Gasteiger partial charge in [0.1, 0.15) is 0 Å². The van der Waals surface area contributed by atoms with Crippen LogP contribution in [0.5, 0.6) is 0 Å². The van der Waals surface area contributed by atoms with Crippen molar-refractivity contribution in [2.75, 3.05) is 0 Å². The summed E-state index contributed by atoms with van der Waals surface area (Å²) < 4.78 is 0. The van der Waals surface area contributed by atoms with Crippen molar-refractivity contribution in [2.24, 2.45) is 5.92 Å². The van der Waals surface area contributed by atoms with Crippen molar-refractivity contribution in [1.29, 1.82) is 0 Å². The summed E-state index contributed by atoms with van der Waals surface area (Å²) in [6, 6.07) is 0. The Balaban J connectivity index is 2.82. The van der Waals surface area contributed by atoms with E-state index in [0.29, 0.717) is 17.9 Å². The van der Waals surface area contributed by atoms with Crippen LogP contribution in [-0.2, 0) is 4.79 Å². The first kappa shape index (κ1) is 10.0. The summed E-state index contributed by atoms with van der Waals surface area (Å²) >= 11 is 0. The molecule has 2 heteroatoms. The number of allylic oxidation sites excluding steroid dienone is 2. The van der Waals surface area contributed by atoms with Crippen LogP contribution in [0.25, 0.3) is 0 Å². The minimum Gasteiger partial charge on any atom is -0.478 e. The fourth-order valence-corrected chi connectivity index (χ4v) is 1.75. The standard InChI is InChI=1S/C11H16O2/c1-7(2)9-5-4-8(3)10(6-9)11(12)13/h9H,1,4-6H2,2-3H3,(H,12,13)/t9-/m1/s1. The van der Waals surface area contributed by atoms with E-state index in [1.54, 1.807) is 0 Å². The molecule has 0 saturated heterocycles. The molecule has 0 heterocycles. The Morgan fingerprint density at radius 3 is 2.69 bits per heavy atom. The second-order valence-corrected chi connectivity index (χ2v) is 3.85. The van der Waals surface area contributed by atoms with E-state index in [2.05, 4.69) is 6.58 Å². The Bertz CT molecular complexity index is 274. The molecule has 0 spiro atoms. The molecule has 72 valence electrons. The lowest BCUT2D eigenvalue weighted by Crippen LogP contribution is -2.15. The molecule has 0 aromatic carbocycles. The number of carboxylic acids is 1. The van der Waals surface area contributed by atoms with E-state index in [1.165, 1.54) is 0 Å². The van der Waals surface area contributed by atoms with Crippen LogP contribution in [0.15, 0.2) is 23.3 Å². The van der Waals surface area contributed by atoms with Gasteiger partial charge in [0, 0.05) is 5.57 Å². The molecular weight excluding hydrogens is 164 g/mol. The van der Waals surface area contributed by atoms with Gasteiger partial charge in [0.15, 0.2) is 0 Å². The van der Waals surface area contributed by atoms with Crippen LogP contribution in [0.4, 0.5) is 0 Å². The van der Waals surface area contributed by atoms with E-state index in [-0.39, 0.29) is 0 Å². The van der Waals surface area contributed by atoms with Crippen molar-refractivity contribution in [3.8, 4) is 0 Å². The minimum atomic E-state index is -0.761. The molecule has 0 radical (unpaired) electrons. The van der Waals surface area contributed by atoms with Gasteiger partial charge in [-0.1, -0.05) is 17.7 Å². The van der Waals surface area contributed by atoms with Crippen LogP contribution < -0.4 is 0 Å². The zero-order valence-electron chi connectivity index (χ0n) is 8.26. The number of carboxylic acid groups (broad SMARTS) is 1. The number of rotatable bonds is 2. The first-order valence-corrected chi connectivity index (χ1v) is 4.59. The Hall–Kier alpha value is -1.05. The molecule has 13 heavy (non-hydrogen) atoms. The minimum absolute atomic E-state index is 0.370. The molecule has 0 fully saturated rings. The number of carbonyl (C=O) groups is 1. The van der Waals surface area contributed by atoms with Crippen molar-refractivity contribution in [2.45, 2.75) is 33.1 Å². The quantitative estimate of drug-likeness (QED) is 0.663. The molecule has 1 atom stereocenters. The summed E-state index contributed by atoms with van der Waals surface area (Å²) in [5.41, 5.74) is 2.73. The van der Waals surface area contributed by atoms with Crippen molar-refractivity contribution in [3.63, 3.8) is 0 Å². The first-order chi connectivity index (χ1) is 6.02. The predicted molar refractivity (Wildman–Crippen MR) is 52.5 cm³/mol. The molecular formula is C11H16O2. The van der Waals surface area contributed by atoms with Gasteiger partial charge in [-0.05, 0) is 39.0 Å². The number of aliphatic carboxylic acids is 1. The molecule has 0 aliphatic heterocycles. The predicted octanol–water partition coefficient (Wildman–Crippen LogP) is 2.76. The van der Waals surface area contributed by atoms with Crippen LogP contribution in [0.1, 0.15) is 33.1 Å². The van der Waals surface area contributed by atoms with Gasteiger partial charge in [0.25, 0.3) is 0 Å². The van der Waals surface area contributed by atoms with Crippen LogP contribution in [0.3, 0.4) is 0 Å². The average Bonchev–Trinajstić information content (AvgIpc) is 2.04. The Morgan fingerprint density at radius 2 is 2.23 bits per heavy atom. The van der Waals surface area contributed by atoms with E-state index in [4.69, 9.17) is 5.11 Å². The topological polar surface area (TPSA) is 37.3 Å². The summed E-state index contributed by atoms with van der Waals surface area (Å²) in [6.07, 6.45) is 2.62. The lowest BCUT2D eigenvalue weighted by atomic mass is 9.81. The molecule has 0 aromatic heterocycles. The molecule has 0 bridgehead atoms. The van der Waals surface area contributed by atoms with Crippen molar-refractivity contribution in [3.05, 3.63) is 23.3 Å². The van der Waals surface area contributed by atoms with Gasteiger partial charge in [-0.3, -0.25) is 0 Å². The number of hydrogen-bond acceptors (Lipinski definition) is 1. The van der Waals surface area contributed by atoms with Crippen molar-refractivity contribution >= 4 is 5.97 Å². The summed E-state index contributed by atoms with van der Waals surface area (Å²) in [7, 11) is 0. The maximum Gasteiger partial charge on any atom is 0.331 e. The second-order valence-electron chi connectivity index (χ2n) is 3.85. The molecule has 0 aromatic rings. The van der Waals surface area contributed by atoms with Crippen LogP contribution in [0, 0.1) is 5.92 Å². The molecule has 1 rings (SSSR count). The van der Waals surface area contributed by atoms with Crippen LogP contribution in [0.2, 0.25) is 0 Å². The Morgan fingerprint density at radius 1 is 1.62 bits per heavy atom. The van der Waals surface area contributed by atoms with Crippen LogP contribution in [-0.4, -0.2) is 11.1 Å². The monoisotopic (exact) mass is 180 g/mol. The maximum absolute atomic E-state index is 10.8. The summed E-state index contributed by atoms with van der Waals surface area (Å²) in [4.78, 5) is 10.8. The first-order valence-electron chi connectivity index (χ1n) is 4.59. The van der Waals surface area contributed by atoms with Gasteiger partial charge in [-0.25, -0.2) is 4.79 Å². The summed E-state index contributed by atoms with van der Waals surface area (Å²) in [5, 5.41) is 8.92. The van der Waals surface area contributed by atoms with Crippen molar-refractivity contribution < 1.29 is 9.90 Å². The fourth-order valence-electron chi connectivity index (χ4n) is 1.75. The maximum atomic E-state index is 10.8. The SMILES string of the molecule is C=C(C)[C@@H]1CCC(C)=C(C(=O)O)C1. The molecule has 0 unspecified atom stereocenters. The van der Waals surface area contributed by atoms with E-state index >= 15 is 0 Å². The summed E-state index contributed by atoms with van der Waals surface area (Å²) in [6.45, 7) is 7.77. The van der Waals surface area contributed by atoms with E-state index < -0.39 is 5.97 Å². The molecule has 1 aliphatic carbocycles. The third kappa shape index (κ3) is 2.20. The third-order valence-electron chi connectivity index (χ3n) is 2.79. The Labute approximate surface area is 79.0 Å². The van der Waals surface area contributed by atoms with E-state index in [1.807, 2.05) is 13.8 Å². The van der Waals surface area contributed by atoms with Gasteiger partial charge in [0.05, 0.1) is 0 Å². The highest BCUT2D eigenvalue weighted by Crippen LogP contribution is 2.32. The smallest absolute Gasteiger partial charge is 0.331 e. The zero-order chi connectivity index (χ0) is 10.0. The third-order valence-corrected chi connectivity index (χ3v) is 2.79. The van der Waals surface area contributed by atoms with Gasteiger partial charge in [-0.15, -0.1) is 0 Å². The highest BCUT2D eigenvalue weighted by atomic mass is 16.4. The van der Waals surface area contributed by atoms with Gasteiger partial charge < -0.3 is 5.11 Å². The largest absolute Gasteiger partial charge is 0.478 e. The van der Waals surface area contributed by atoms with E-state index in [9.17, 15) is 4.79 Å². The summed E-state index contributed by atoms with van der Waals surface area (Å²) in [5.74, 6) is -0.391. The normalized spacial score (nSPS) is 23.1.